The zero-order valence-electron chi connectivity index (χ0n) is 10.0. The van der Waals surface area contributed by atoms with E-state index in [-0.39, 0.29) is 31.1 Å². The maximum Gasteiger partial charge on any atom is 0.310 e. The van der Waals surface area contributed by atoms with Crippen molar-refractivity contribution in [2.75, 3.05) is 12.0 Å². The Balaban J connectivity index is 2.35. The summed E-state index contributed by atoms with van der Waals surface area (Å²) in [7, 11) is 1.30. The summed E-state index contributed by atoms with van der Waals surface area (Å²) >= 11 is 0. The number of anilines is 1. The van der Waals surface area contributed by atoms with Crippen molar-refractivity contribution >= 4 is 23.5 Å². The van der Waals surface area contributed by atoms with E-state index >= 15 is 0 Å². The number of hydrogen-bond donors (Lipinski definition) is 0. The lowest BCUT2D eigenvalue weighted by atomic mass is 10.1. The van der Waals surface area contributed by atoms with Gasteiger partial charge in [0, 0.05) is 12.8 Å². The van der Waals surface area contributed by atoms with E-state index in [1.807, 2.05) is 0 Å². The van der Waals surface area contributed by atoms with Crippen molar-refractivity contribution < 1.29 is 19.1 Å². The van der Waals surface area contributed by atoms with Gasteiger partial charge < -0.3 is 4.74 Å². The lowest BCUT2D eigenvalue weighted by Gasteiger charge is -2.17. The predicted molar refractivity (Wildman–Crippen MR) is 63.9 cm³/mol. The van der Waals surface area contributed by atoms with Crippen LogP contribution in [0.25, 0.3) is 0 Å². The fraction of sp³-hybridized carbons (Fsp3) is 0.308. The van der Waals surface area contributed by atoms with Crippen LogP contribution in [0.3, 0.4) is 0 Å². The van der Waals surface area contributed by atoms with Crippen molar-refractivity contribution in [3.63, 3.8) is 0 Å². The van der Waals surface area contributed by atoms with Crippen LogP contribution in [0.5, 0.6) is 0 Å². The smallest absolute Gasteiger partial charge is 0.310 e. The summed E-state index contributed by atoms with van der Waals surface area (Å²) < 4.78 is 4.60. The van der Waals surface area contributed by atoms with Gasteiger partial charge in [0.25, 0.3) is 0 Å². The molecule has 0 saturated carbocycles. The maximum absolute atomic E-state index is 11.7. The zero-order chi connectivity index (χ0) is 13.1. The number of ether oxygens (including phenoxy) is 1. The first-order valence-electron chi connectivity index (χ1n) is 5.64. The van der Waals surface area contributed by atoms with Gasteiger partial charge in [-0.3, -0.25) is 19.3 Å². The van der Waals surface area contributed by atoms with Gasteiger partial charge in [-0.25, -0.2) is 0 Å². The van der Waals surface area contributed by atoms with E-state index in [0.717, 1.165) is 4.90 Å². The molecule has 1 heterocycles. The lowest BCUT2D eigenvalue weighted by Crippen LogP contribution is -2.29. The second-order valence-electron chi connectivity index (χ2n) is 4.00. The predicted octanol–water partition coefficient (Wildman–Crippen LogP) is 1.06. The van der Waals surface area contributed by atoms with Crippen molar-refractivity contribution in [2.45, 2.75) is 19.3 Å². The summed E-state index contributed by atoms with van der Waals surface area (Å²) in [5.74, 6) is -0.851. The number of amides is 2. The molecule has 0 spiro atoms. The van der Waals surface area contributed by atoms with Crippen LogP contribution < -0.4 is 4.90 Å². The Morgan fingerprint density at radius 3 is 2.44 bits per heavy atom. The molecule has 0 aliphatic carbocycles. The Bertz CT molecular complexity index is 493. The van der Waals surface area contributed by atoms with Crippen LogP contribution in [0.15, 0.2) is 24.3 Å². The molecule has 1 aliphatic heterocycles. The summed E-state index contributed by atoms with van der Waals surface area (Å²) in [6, 6.07) is 6.87. The summed E-state index contributed by atoms with van der Waals surface area (Å²) in [6.07, 6.45) is 0.501. The summed E-state index contributed by atoms with van der Waals surface area (Å²) in [5.41, 5.74) is 1.10. The minimum Gasteiger partial charge on any atom is -0.469 e. The summed E-state index contributed by atoms with van der Waals surface area (Å²) in [5, 5.41) is 0. The molecule has 1 fully saturated rings. The van der Waals surface area contributed by atoms with Crippen LogP contribution in [-0.4, -0.2) is 24.9 Å². The van der Waals surface area contributed by atoms with Crippen LogP contribution in [0, 0.1) is 0 Å². The van der Waals surface area contributed by atoms with Gasteiger partial charge in [-0.2, -0.15) is 0 Å². The largest absolute Gasteiger partial charge is 0.469 e. The molecule has 0 atom stereocenters. The molecule has 1 aromatic carbocycles. The van der Waals surface area contributed by atoms with E-state index in [1.165, 1.54) is 7.11 Å². The molecule has 0 N–H and O–H groups in total. The number of hydrogen-bond acceptors (Lipinski definition) is 4. The van der Waals surface area contributed by atoms with Gasteiger partial charge in [-0.1, -0.05) is 18.2 Å². The minimum absolute atomic E-state index is 0.0454. The average molecular weight is 247 g/mol. The third-order valence-electron chi connectivity index (χ3n) is 2.85. The van der Waals surface area contributed by atoms with Crippen molar-refractivity contribution in [3.8, 4) is 0 Å². The van der Waals surface area contributed by atoms with E-state index < -0.39 is 5.97 Å². The highest BCUT2D eigenvalue weighted by Gasteiger charge is 2.31. The number of para-hydroxylation sites is 1. The van der Waals surface area contributed by atoms with E-state index in [0.29, 0.717) is 11.3 Å². The molecule has 0 unspecified atom stereocenters. The molecule has 0 radical (unpaired) electrons. The molecule has 1 aromatic rings. The number of carbonyl (C=O) groups excluding carboxylic acids is 3. The molecule has 5 nitrogen and oxygen atoms in total. The first-order valence-corrected chi connectivity index (χ1v) is 5.64. The average Bonchev–Trinajstić information content (AvgIpc) is 2.70. The molecule has 94 valence electrons. The van der Waals surface area contributed by atoms with Crippen molar-refractivity contribution in [3.05, 3.63) is 29.8 Å². The SMILES string of the molecule is COC(=O)Cc1ccccc1N1C(=O)CCC1=O. The van der Waals surface area contributed by atoms with Crippen LogP contribution in [-0.2, 0) is 25.5 Å². The second-order valence-corrected chi connectivity index (χ2v) is 4.00. The Hall–Kier alpha value is -2.17. The highest BCUT2D eigenvalue weighted by molar-refractivity contribution is 6.20. The number of esters is 1. The van der Waals surface area contributed by atoms with Gasteiger partial charge in [-0.15, -0.1) is 0 Å². The topological polar surface area (TPSA) is 63.7 Å². The van der Waals surface area contributed by atoms with E-state index in [2.05, 4.69) is 4.74 Å². The van der Waals surface area contributed by atoms with Crippen molar-refractivity contribution in [1.82, 2.24) is 0 Å². The molecule has 2 amide bonds. The molecule has 0 bridgehead atoms. The fourth-order valence-corrected chi connectivity index (χ4v) is 1.95. The normalized spacial score (nSPS) is 15.1. The van der Waals surface area contributed by atoms with Crippen LogP contribution >= 0.6 is 0 Å². The second kappa shape index (κ2) is 5.00. The third-order valence-corrected chi connectivity index (χ3v) is 2.85. The molecule has 1 aliphatic rings. The highest BCUT2D eigenvalue weighted by atomic mass is 16.5. The van der Waals surface area contributed by atoms with Crippen LogP contribution in [0.4, 0.5) is 5.69 Å². The number of rotatable bonds is 3. The van der Waals surface area contributed by atoms with Gasteiger partial charge in [-0.05, 0) is 11.6 Å². The molecule has 2 rings (SSSR count). The van der Waals surface area contributed by atoms with Gasteiger partial charge in [0.1, 0.15) is 0 Å². The minimum atomic E-state index is -0.401. The number of nitrogens with zero attached hydrogens (tertiary/aromatic N) is 1. The molecule has 0 aromatic heterocycles. The van der Waals surface area contributed by atoms with Gasteiger partial charge in [0.15, 0.2) is 0 Å². The Labute approximate surface area is 104 Å². The summed E-state index contributed by atoms with van der Waals surface area (Å²) in [6.45, 7) is 0. The zero-order valence-corrected chi connectivity index (χ0v) is 10.0. The molecular formula is C13H13NO4. The molecule has 5 heteroatoms. The number of imide groups is 1. The van der Waals surface area contributed by atoms with Gasteiger partial charge >= 0.3 is 5.97 Å². The van der Waals surface area contributed by atoms with Crippen molar-refractivity contribution in [2.24, 2.45) is 0 Å². The van der Waals surface area contributed by atoms with E-state index in [1.54, 1.807) is 24.3 Å². The standard InChI is InChI=1S/C13H13NO4/c1-18-13(17)8-9-4-2-3-5-10(9)14-11(15)6-7-12(14)16/h2-5H,6-8H2,1H3. The fourth-order valence-electron chi connectivity index (χ4n) is 1.95. The van der Waals surface area contributed by atoms with Gasteiger partial charge in [0.05, 0.1) is 19.2 Å². The highest BCUT2D eigenvalue weighted by Crippen LogP contribution is 2.26. The van der Waals surface area contributed by atoms with E-state index in [4.69, 9.17) is 0 Å². The third kappa shape index (κ3) is 2.25. The Kier molecular flexibility index (Phi) is 3.41. The molecule has 1 saturated heterocycles. The van der Waals surface area contributed by atoms with E-state index in [9.17, 15) is 14.4 Å². The monoisotopic (exact) mass is 247 g/mol. The Morgan fingerprint density at radius 2 is 1.83 bits per heavy atom. The van der Waals surface area contributed by atoms with Gasteiger partial charge in [0.2, 0.25) is 11.8 Å². The Morgan fingerprint density at radius 1 is 1.22 bits per heavy atom. The lowest BCUT2D eigenvalue weighted by molar-refractivity contribution is -0.139. The molecular weight excluding hydrogens is 234 g/mol. The van der Waals surface area contributed by atoms with Crippen LogP contribution in [0.1, 0.15) is 18.4 Å². The summed E-state index contributed by atoms with van der Waals surface area (Å²) in [4.78, 5) is 35.8. The van der Waals surface area contributed by atoms with Crippen LogP contribution in [0.2, 0.25) is 0 Å². The first-order chi connectivity index (χ1) is 8.63. The quantitative estimate of drug-likeness (QED) is 0.591. The number of carbonyl (C=O) groups is 3. The molecule has 18 heavy (non-hydrogen) atoms. The van der Waals surface area contributed by atoms with Crippen molar-refractivity contribution in [1.29, 1.82) is 0 Å². The maximum atomic E-state index is 11.7. The number of methoxy groups -OCH3 is 1. The number of benzene rings is 1. The first kappa shape index (κ1) is 12.3.